The van der Waals surface area contributed by atoms with Gasteiger partial charge in [0.2, 0.25) is 5.91 Å². The highest BCUT2D eigenvalue weighted by atomic mass is 16.1. The molecule has 0 aromatic rings. The van der Waals surface area contributed by atoms with Crippen molar-refractivity contribution in [3.8, 4) is 0 Å². The molecule has 1 fully saturated rings. The smallest absolute Gasteiger partial charge is 0.239 e. The van der Waals surface area contributed by atoms with Gasteiger partial charge in [-0.15, -0.1) is 0 Å². The summed E-state index contributed by atoms with van der Waals surface area (Å²) in [5.74, 6) is 0.211. The molecule has 0 bridgehead atoms. The SMILES string of the molecule is CCN(CC(NC(C)C)(C(N)=O)C1CC1)C(C)C. The maximum absolute atomic E-state index is 12.0. The van der Waals surface area contributed by atoms with Gasteiger partial charge >= 0.3 is 0 Å². The maximum Gasteiger partial charge on any atom is 0.239 e. The summed E-state index contributed by atoms with van der Waals surface area (Å²) in [5.41, 5.74) is 5.19. The first kappa shape index (κ1) is 15.4. The monoisotopic (exact) mass is 255 g/mol. The molecule has 1 unspecified atom stereocenters. The maximum atomic E-state index is 12.0. The third kappa shape index (κ3) is 3.45. The molecule has 0 spiro atoms. The number of carbonyl (C=O) groups is 1. The molecule has 0 radical (unpaired) electrons. The number of likely N-dealkylation sites (N-methyl/N-ethyl adjacent to an activating group) is 1. The van der Waals surface area contributed by atoms with Crippen molar-refractivity contribution in [2.75, 3.05) is 13.1 Å². The molecule has 1 aliphatic rings. The zero-order valence-electron chi connectivity index (χ0n) is 12.5. The van der Waals surface area contributed by atoms with Gasteiger partial charge in [0, 0.05) is 18.6 Å². The van der Waals surface area contributed by atoms with Crippen LogP contribution in [0.2, 0.25) is 0 Å². The topological polar surface area (TPSA) is 58.4 Å². The summed E-state index contributed by atoms with van der Waals surface area (Å²) in [6, 6.07) is 0.699. The summed E-state index contributed by atoms with van der Waals surface area (Å²) in [6.45, 7) is 12.3. The second kappa shape index (κ2) is 6.02. The number of amides is 1. The number of carbonyl (C=O) groups excluding carboxylic acids is 1. The van der Waals surface area contributed by atoms with E-state index < -0.39 is 5.54 Å². The van der Waals surface area contributed by atoms with E-state index in [1.165, 1.54) is 0 Å². The van der Waals surface area contributed by atoms with E-state index in [0.717, 1.165) is 25.9 Å². The lowest BCUT2D eigenvalue weighted by molar-refractivity contribution is -0.126. The van der Waals surface area contributed by atoms with Crippen LogP contribution in [0.5, 0.6) is 0 Å². The molecule has 4 heteroatoms. The second-order valence-electron chi connectivity index (χ2n) is 6.07. The van der Waals surface area contributed by atoms with Gasteiger partial charge in [-0.25, -0.2) is 0 Å². The van der Waals surface area contributed by atoms with Crippen LogP contribution < -0.4 is 11.1 Å². The molecule has 1 aliphatic carbocycles. The highest BCUT2D eigenvalue weighted by molar-refractivity contribution is 5.86. The first-order valence-corrected chi connectivity index (χ1v) is 7.15. The number of primary amides is 1. The number of nitrogens with two attached hydrogens (primary N) is 1. The summed E-state index contributed by atoms with van der Waals surface area (Å²) in [6.07, 6.45) is 2.22. The molecular weight excluding hydrogens is 226 g/mol. The lowest BCUT2D eigenvalue weighted by Crippen LogP contribution is -2.65. The van der Waals surface area contributed by atoms with Crippen molar-refractivity contribution in [3.05, 3.63) is 0 Å². The van der Waals surface area contributed by atoms with E-state index in [-0.39, 0.29) is 11.9 Å². The van der Waals surface area contributed by atoms with Crippen molar-refractivity contribution in [1.29, 1.82) is 0 Å². The van der Waals surface area contributed by atoms with Crippen LogP contribution in [0.15, 0.2) is 0 Å². The summed E-state index contributed by atoms with van der Waals surface area (Å²) < 4.78 is 0. The molecular formula is C14H29N3O. The molecule has 1 atom stereocenters. The third-order valence-electron chi connectivity index (χ3n) is 3.85. The molecule has 0 heterocycles. The number of hydrogen-bond acceptors (Lipinski definition) is 3. The normalized spacial score (nSPS) is 19.6. The molecule has 106 valence electrons. The van der Waals surface area contributed by atoms with Gasteiger partial charge < -0.3 is 5.73 Å². The Hall–Kier alpha value is -0.610. The predicted molar refractivity (Wildman–Crippen MR) is 75.3 cm³/mol. The number of nitrogens with zero attached hydrogens (tertiary/aromatic N) is 1. The third-order valence-corrected chi connectivity index (χ3v) is 3.85. The van der Waals surface area contributed by atoms with Crippen molar-refractivity contribution in [3.63, 3.8) is 0 Å². The highest BCUT2D eigenvalue weighted by Crippen LogP contribution is 2.40. The van der Waals surface area contributed by atoms with Crippen LogP contribution in [-0.2, 0) is 4.79 Å². The minimum atomic E-state index is -0.547. The van der Waals surface area contributed by atoms with Crippen molar-refractivity contribution >= 4 is 5.91 Å². The van der Waals surface area contributed by atoms with E-state index in [0.29, 0.717) is 12.0 Å². The average molecular weight is 255 g/mol. The van der Waals surface area contributed by atoms with Crippen LogP contribution in [0.25, 0.3) is 0 Å². The van der Waals surface area contributed by atoms with Crippen LogP contribution in [0.1, 0.15) is 47.5 Å². The zero-order valence-corrected chi connectivity index (χ0v) is 12.5. The predicted octanol–water partition coefficient (Wildman–Crippen LogP) is 1.35. The Bertz CT molecular complexity index is 287. The second-order valence-corrected chi connectivity index (χ2v) is 6.07. The molecule has 0 aromatic carbocycles. The van der Waals surface area contributed by atoms with Gasteiger partial charge in [0.05, 0.1) is 0 Å². The van der Waals surface area contributed by atoms with Gasteiger partial charge in [-0.3, -0.25) is 15.0 Å². The van der Waals surface area contributed by atoms with Crippen molar-refractivity contribution in [2.24, 2.45) is 11.7 Å². The van der Waals surface area contributed by atoms with Crippen LogP contribution in [0, 0.1) is 5.92 Å². The average Bonchev–Trinajstić information content (AvgIpc) is 3.06. The summed E-state index contributed by atoms with van der Waals surface area (Å²) in [5, 5.41) is 3.46. The molecule has 1 amide bonds. The standard InChI is InChI=1S/C14H29N3O/c1-6-17(11(4)5)9-14(13(15)18,12-7-8-12)16-10(2)3/h10-12,16H,6-9H2,1-5H3,(H2,15,18). The van der Waals surface area contributed by atoms with Gasteiger partial charge in [-0.2, -0.15) is 0 Å². The summed E-state index contributed by atoms with van der Waals surface area (Å²) >= 11 is 0. The lowest BCUT2D eigenvalue weighted by atomic mass is 9.90. The van der Waals surface area contributed by atoms with Gasteiger partial charge in [0.25, 0.3) is 0 Å². The van der Waals surface area contributed by atoms with Crippen LogP contribution in [0.4, 0.5) is 0 Å². The lowest BCUT2D eigenvalue weighted by Gasteiger charge is -2.39. The fourth-order valence-corrected chi connectivity index (χ4v) is 2.71. The van der Waals surface area contributed by atoms with E-state index in [4.69, 9.17) is 5.73 Å². The van der Waals surface area contributed by atoms with Gasteiger partial charge in [-0.1, -0.05) is 6.92 Å². The Kier molecular flexibility index (Phi) is 5.17. The molecule has 18 heavy (non-hydrogen) atoms. The molecule has 1 saturated carbocycles. The zero-order chi connectivity index (χ0) is 13.9. The Balaban J connectivity index is 2.91. The van der Waals surface area contributed by atoms with Gasteiger partial charge in [0.15, 0.2) is 0 Å². The van der Waals surface area contributed by atoms with Gasteiger partial charge in [-0.05, 0) is 53.0 Å². The van der Waals surface area contributed by atoms with E-state index in [1.54, 1.807) is 0 Å². The van der Waals surface area contributed by atoms with Crippen LogP contribution in [-0.4, -0.2) is 41.5 Å². The van der Waals surface area contributed by atoms with Crippen molar-refractivity contribution in [2.45, 2.75) is 65.1 Å². The van der Waals surface area contributed by atoms with E-state index in [9.17, 15) is 4.79 Å². The number of nitrogens with one attached hydrogen (secondary N) is 1. The van der Waals surface area contributed by atoms with Gasteiger partial charge in [0.1, 0.15) is 5.54 Å². The number of hydrogen-bond donors (Lipinski definition) is 2. The molecule has 4 nitrogen and oxygen atoms in total. The van der Waals surface area contributed by atoms with E-state index in [2.05, 4.69) is 44.8 Å². The largest absolute Gasteiger partial charge is 0.368 e. The van der Waals surface area contributed by atoms with Crippen molar-refractivity contribution in [1.82, 2.24) is 10.2 Å². The molecule has 0 aliphatic heterocycles. The summed E-state index contributed by atoms with van der Waals surface area (Å²) in [7, 11) is 0. The Morgan fingerprint density at radius 3 is 2.22 bits per heavy atom. The quantitative estimate of drug-likeness (QED) is 0.688. The van der Waals surface area contributed by atoms with E-state index >= 15 is 0 Å². The molecule has 0 saturated heterocycles. The fraction of sp³-hybridized carbons (Fsp3) is 0.929. The summed E-state index contributed by atoms with van der Waals surface area (Å²) in [4.78, 5) is 14.4. The highest BCUT2D eigenvalue weighted by Gasteiger charge is 2.50. The Morgan fingerprint density at radius 2 is 1.94 bits per heavy atom. The first-order valence-electron chi connectivity index (χ1n) is 7.15. The minimum Gasteiger partial charge on any atom is -0.368 e. The van der Waals surface area contributed by atoms with Crippen LogP contribution >= 0.6 is 0 Å². The van der Waals surface area contributed by atoms with E-state index in [1.807, 2.05) is 0 Å². The molecule has 3 N–H and O–H groups in total. The first-order chi connectivity index (χ1) is 8.33. The fourth-order valence-electron chi connectivity index (χ4n) is 2.71. The van der Waals surface area contributed by atoms with Crippen molar-refractivity contribution < 1.29 is 4.79 Å². The minimum absolute atomic E-state index is 0.196. The number of rotatable bonds is 8. The Morgan fingerprint density at radius 1 is 1.39 bits per heavy atom. The Labute approximate surface area is 111 Å². The molecule has 0 aromatic heterocycles. The van der Waals surface area contributed by atoms with Crippen LogP contribution in [0.3, 0.4) is 0 Å². The molecule has 1 rings (SSSR count).